The van der Waals surface area contributed by atoms with Crippen LogP contribution in [0.2, 0.25) is 0 Å². The number of hydrogen-bond donors (Lipinski definition) is 1. The Hall–Kier alpha value is -2.87. The SMILES string of the molecule is Cn1cc(Nc2ncccc2Oc2cn(C3CC3)nc2C2CCOCC2)cn1. The summed E-state index contributed by atoms with van der Waals surface area (Å²) >= 11 is 0. The minimum atomic E-state index is 0.371. The summed E-state index contributed by atoms with van der Waals surface area (Å²) in [7, 11) is 1.88. The molecule has 0 amide bonds. The van der Waals surface area contributed by atoms with Gasteiger partial charge >= 0.3 is 0 Å². The van der Waals surface area contributed by atoms with Gasteiger partial charge in [0.25, 0.3) is 0 Å². The Balaban J connectivity index is 1.44. The number of pyridine rings is 1. The molecular weight excluding hydrogens is 356 g/mol. The van der Waals surface area contributed by atoms with Gasteiger partial charge in [0.05, 0.1) is 24.1 Å². The standard InChI is InChI=1S/C20H24N6O2/c1-25-12-15(11-22-25)23-20-17(3-2-8-21-20)28-18-13-26(16-4-5-16)24-19(18)14-6-9-27-10-7-14/h2-3,8,11-14,16H,4-7,9-10H2,1H3,(H,21,23). The number of aromatic nitrogens is 5. The molecule has 3 aromatic rings. The zero-order chi connectivity index (χ0) is 18.9. The summed E-state index contributed by atoms with van der Waals surface area (Å²) < 4.78 is 15.7. The van der Waals surface area contributed by atoms with Crippen molar-refractivity contribution in [3.8, 4) is 11.5 Å². The average Bonchev–Trinajstić information content (AvgIpc) is 3.36. The van der Waals surface area contributed by atoms with Crippen LogP contribution in [0.5, 0.6) is 11.5 Å². The van der Waals surface area contributed by atoms with E-state index in [1.165, 1.54) is 12.8 Å². The quantitative estimate of drug-likeness (QED) is 0.701. The summed E-state index contributed by atoms with van der Waals surface area (Å²) in [5.41, 5.74) is 1.90. The molecule has 5 rings (SSSR count). The highest BCUT2D eigenvalue weighted by Crippen LogP contribution is 2.41. The monoisotopic (exact) mass is 380 g/mol. The lowest BCUT2D eigenvalue weighted by atomic mass is 9.96. The second kappa shape index (κ2) is 7.27. The van der Waals surface area contributed by atoms with Gasteiger partial charge in [-0.25, -0.2) is 4.98 Å². The minimum absolute atomic E-state index is 0.371. The topological polar surface area (TPSA) is 79.0 Å². The van der Waals surface area contributed by atoms with Crippen molar-refractivity contribution in [2.24, 2.45) is 7.05 Å². The van der Waals surface area contributed by atoms with E-state index in [1.54, 1.807) is 17.1 Å². The Bertz CT molecular complexity index is 955. The maximum Gasteiger partial charge on any atom is 0.173 e. The average molecular weight is 380 g/mol. The lowest BCUT2D eigenvalue weighted by Gasteiger charge is -2.21. The van der Waals surface area contributed by atoms with Crippen molar-refractivity contribution in [3.05, 3.63) is 42.6 Å². The molecule has 8 heteroatoms. The summed E-state index contributed by atoms with van der Waals surface area (Å²) in [5.74, 6) is 2.53. The summed E-state index contributed by atoms with van der Waals surface area (Å²) in [6.45, 7) is 1.56. The van der Waals surface area contributed by atoms with E-state index in [4.69, 9.17) is 14.6 Å². The number of rotatable bonds is 6. The van der Waals surface area contributed by atoms with Gasteiger partial charge in [-0.2, -0.15) is 10.2 Å². The molecule has 0 spiro atoms. The van der Waals surface area contributed by atoms with Crippen molar-refractivity contribution in [2.75, 3.05) is 18.5 Å². The van der Waals surface area contributed by atoms with Gasteiger partial charge in [-0.15, -0.1) is 0 Å². The van der Waals surface area contributed by atoms with Crippen molar-refractivity contribution in [3.63, 3.8) is 0 Å². The van der Waals surface area contributed by atoms with Gasteiger partial charge in [-0.3, -0.25) is 9.36 Å². The molecule has 28 heavy (non-hydrogen) atoms. The van der Waals surface area contributed by atoms with Crippen molar-refractivity contribution in [1.29, 1.82) is 0 Å². The van der Waals surface area contributed by atoms with Crippen LogP contribution in [0.1, 0.15) is 43.3 Å². The van der Waals surface area contributed by atoms with E-state index in [1.807, 2.05) is 31.6 Å². The zero-order valence-corrected chi connectivity index (χ0v) is 15.9. The molecule has 2 aliphatic rings. The first kappa shape index (κ1) is 17.2. The van der Waals surface area contributed by atoms with Gasteiger partial charge in [0.2, 0.25) is 0 Å². The molecule has 1 aliphatic carbocycles. The van der Waals surface area contributed by atoms with E-state index in [2.05, 4.69) is 20.1 Å². The first-order valence-electron chi connectivity index (χ1n) is 9.81. The molecule has 0 aromatic carbocycles. The molecule has 2 fully saturated rings. The Morgan fingerprint density at radius 3 is 2.75 bits per heavy atom. The Labute approximate surface area is 163 Å². The van der Waals surface area contributed by atoms with Crippen LogP contribution in [-0.2, 0) is 11.8 Å². The van der Waals surface area contributed by atoms with Crippen molar-refractivity contribution in [1.82, 2.24) is 24.5 Å². The first-order valence-corrected chi connectivity index (χ1v) is 9.81. The van der Waals surface area contributed by atoms with Crippen molar-refractivity contribution in [2.45, 2.75) is 37.6 Å². The minimum Gasteiger partial charge on any atom is -0.450 e. The number of anilines is 2. The molecule has 1 saturated carbocycles. The molecule has 0 radical (unpaired) electrons. The van der Waals surface area contributed by atoms with Crippen LogP contribution in [0.25, 0.3) is 0 Å². The maximum absolute atomic E-state index is 6.36. The fourth-order valence-corrected chi connectivity index (χ4v) is 3.56. The van der Waals surface area contributed by atoms with Gasteiger partial charge in [-0.05, 0) is 37.8 Å². The molecule has 0 bridgehead atoms. The van der Waals surface area contributed by atoms with Crippen LogP contribution >= 0.6 is 0 Å². The summed E-state index contributed by atoms with van der Waals surface area (Å²) in [6, 6.07) is 4.31. The fraction of sp³-hybridized carbons (Fsp3) is 0.450. The van der Waals surface area contributed by atoms with Gasteiger partial charge in [0.1, 0.15) is 5.69 Å². The van der Waals surface area contributed by atoms with E-state index in [-0.39, 0.29) is 0 Å². The van der Waals surface area contributed by atoms with Gasteiger partial charge in [0.15, 0.2) is 17.3 Å². The molecule has 1 N–H and O–H groups in total. The second-order valence-corrected chi connectivity index (χ2v) is 7.46. The highest BCUT2D eigenvalue weighted by Gasteiger charge is 2.30. The number of nitrogens with zero attached hydrogens (tertiary/aromatic N) is 5. The van der Waals surface area contributed by atoms with Crippen LogP contribution in [0.15, 0.2) is 36.9 Å². The summed E-state index contributed by atoms with van der Waals surface area (Å²) in [4.78, 5) is 4.46. The van der Waals surface area contributed by atoms with E-state index in [9.17, 15) is 0 Å². The third-order valence-corrected chi connectivity index (χ3v) is 5.21. The van der Waals surface area contributed by atoms with E-state index < -0.39 is 0 Å². The van der Waals surface area contributed by atoms with Crippen LogP contribution in [0.3, 0.4) is 0 Å². The lowest BCUT2D eigenvalue weighted by Crippen LogP contribution is -2.15. The predicted molar refractivity (Wildman–Crippen MR) is 104 cm³/mol. The predicted octanol–water partition coefficient (Wildman–Crippen LogP) is 3.78. The number of aryl methyl sites for hydroxylation is 1. The number of nitrogens with one attached hydrogen (secondary N) is 1. The van der Waals surface area contributed by atoms with Gasteiger partial charge in [-0.1, -0.05) is 0 Å². The molecular formula is C20H24N6O2. The van der Waals surface area contributed by atoms with Crippen LogP contribution in [0.4, 0.5) is 11.5 Å². The fourth-order valence-electron chi connectivity index (χ4n) is 3.56. The molecule has 8 nitrogen and oxygen atoms in total. The second-order valence-electron chi connectivity index (χ2n) is 7.46. The normalized spacial score (nSPS) is 17.6. The number of hydrogen-bond acceptors (Lipinski definition) is 6. The van der Waals surface area contributed by atoms with Crippen LogP contribution in [0, 0.1) is 0 Å². The largest absolute Gasteiger partial charge is 0.450 e. The lowest BCUT2D eigenvalue weighted by molar-refractivity contribution is 0.0839. The Kier molecular flexibility index (Phi) is 4.48. The highest BCUT2D eigenvalue weighted by atomic mass is 16.5. The first-order chi connectivity index (χ1) is 13.8. The third kappa shape index (κ3) is 3.60. The molecule has 0 unspecified atom stereocenters. The molecule has 4 heterocycles. The third-order valence-electron chi connectivity index (χ3n) is 5.21. The molecule has 1 aliphatic heterocycles. The maximum atomic E-state index is 6.36. The molecule has 3 aromatic heterocycles. The summed E-state index contributed by atoms with van der Waals surface area (Å²) in [6.07, 6.45) is 11.8. The smallest absolute Gasteiger partial charge is 0.173 e. The van der Waals surface area contributed by atoms with E-state index >= 15 is 0 Å². The van der Waals surface area contributed by atoms with Crippen LogP contribution < -0.4 is 10.1 Å². The van der Waals surface area contributed by atoms with Crippen molar-refractivity contribution < 1.29 is 9.47 Å². The summed E-state index contributed by atoms with van der Waals surface area (Å²) in [5, 5.41) is 12.4. The van der Waals surface area contributed by atoms with Crippen LogP contribution in [-0.4, -0.2) is 37.8 Å². The molecule has 1 saturated heterocycles. The molecule has 146 valence electrons. The van der Waals surface area contributed by atoms with Gasteiger partial charge < -0.3 is 14.8 Å². The Morgan fingerprint density at radius 1 is 1.14 bits per heavy atom. The Morgan fingerprint density at radius 2 is 2.00 bits per heavy atom. The van der Waals surface area contributed by atoms with E-state index in [0.29, 0.717) is 23.5 Å². The number of ether oxygens (including phenoxy) is 2. The highest BCUT2D eigenvalue weighted by molar-refractivity contribution is 5.61. The van der Waals surface area contributed by atoms with Gasteiger partial charge in [0, 0.05) is 38.6 Å². The zero-order valence-electron chi connectivity index (χ0n) is 15.9. The molecule has 0 atom stereocenters. The van der Waals surface area contributed by atoms with E-state index in [0.717, 1.165) is 43.2 Å². The van der Waals surface area contributed by atoms with Crippen molar-refractivity contribution >= 4 is 11.5 Å².